The van der Waals surface area contributed by atoms with E-state index in [2.05, 4.69) is 25.5 Å². The molecule has 0 aliphatic rings. The van der Waals surface area contributed by atoms with Crippen molar-refractivity contribution in [2.24, 2.45) is 0 Å². The van der Waals surface area contributed by atoms with Crippen LogP contribution in [-0.4, -0.2) is 20.2 Å². The zero-order valence-corrected chi connectivity index (χ0v) is 7.86. The van der Waals surface area contributed by atoms with Gasteiger partial charge in [-0.2, -0.15) is 5.10 Å². The van der Waals surface area contributed by atoms with E-state index in [1.165, 1.54) is 0 Å². The van der Waals surface area contributed by atoms with Crippen molar-refractivity contribution in [2.45, 2.75) is 13.5 Å². The van der Waals surface area contributed by atoms with E-state index in [0.717, 1.165) is 11.4 Å². The molecule has 0 aromatic carbocycles. The highest BCUT2D eigenvalue weighted by molar-refractivity contribution is 5.25. The SMILES string of the molecule is Cc1ccnc(NCc2ccn[nH]2)n1. The summed E-state index contributed by atoms with van der Waals surface area (Å²) >= 11 is 0. The van der Waals surface area contributed by atoms with Crippen LogP contribution in [0.15, 0.2) is 24.5 Å². The predicted octanol–water partition coefficient (Wildman–Crippen LogP) is 1.12. The predicted molar refractivity (Wildman–Crippen MR) is 52.7 cm³/mol. The topological polar surface area (TPSA) is 66.5 Å². The van der Waals surface area contributed by atoms with Crippen molar-refractivity contribution in [1.29, 1.82) is 0 Å². The lowest BCUT2D eigenvalue weighted by atomic mass is 10.4. The van der Waals surface area contributed by atoms with Crippen LogP contribution < -0.4 is 5.32 Å². The van der Waals surface area contributed by atoms with Crippen molar-refractivity contribution >= 4 is 5.95 Å². The van der Waals surface area contributed by atoms with Crippen molar-refractivity contribution in [1.82, 2.24) is 20.2 Å². The number of aromatic nitrogens is 4. The molecular weight excluding hydrogens is 178 g/mol. The molecule has 2 aromatic heterocycles. The molecule has 0 bridgehead atoms. The van der Waals surface area contributed by atoms with Crippen LogP contribution >= 0.6 is 0 Å². The zero-order chi connectivity index (χ0) is 9.80. The molecule has 5 nitrogen and oxygen atoms in total. The average Bonchev–Trinajstić information content (AvgIpc) is 2.67. The van der Waals surface area contributed by atoms with Gasteiger partial charge in [-0.05, 0) is 19.1 Å². The van der Waals surface area contributed by atoms with Gasteiger partial charge in [0.05, 0.1) is 12.2 Å². The summed E-state index contributed by atoms with van der Waals surface area (Å²) in [5.74, 6) is 0.639. The lowest BCUT2D eigenvalue weighted by Crippen LogP contribution is -2.04. The minimum atomic E-state index is 0.639. The summed E-state index contributed by atoms with van der Waals surface area (Å²) < 4.78 is 0. The first-order chi connectivity index (χ1) is 6.84. The van der Waals surface area contributed by atoms with Crippen LogP contribution in [0.25, 0.3) is 0 Å². The van der Waals surface area contributed by atoms with Gasteiger partial charge in [-0.25, -0.2) is 9.97 Å². The standard InChI is InChI=1S/C9H11N5/c1-7-2-4-10-9(13-7)11-6-8-3-5-12-14-8/h2-5H,6H2,1H3,(H,12,14)(H,10,11,13). The molecule has 0 fully saturated rings. The molecule has 0 aliphatic heterocycles. The highest BCUT2D eigenvalue weighted by Gasteiger charge is 1.96. The minimum Gasteiger partial charge on any atom is -0.349 e. The summed E-state index contributed by atoms with van der Waals surface area (Å²) in [5, 5.41) is 9.79. The lowest BCUT2D eigenvalue weighted by molar-refractivity contribution is 0.956. The summed E-state index contributed by atoms with van der Waals surface area (Å²) in [7, 11) is 0. The van der Waals surface area contributed by atoms with Crippen molar-refractivity contribution in [3.63, 3.8) is 0 Å². The number of nitrogens with zero attached hydrogens (tertiary/aromatic N) is 3. The Labute approximate surface area is 81.6 Å². The Balaban J connectivity index is 1.98. The van der Waals surface area contributed by atoms with Gasteiger partial charge >= 0.3 is 0 Å². The third kappa shape index (κ3) is 2.07. The molecule has 72 valence electrons. The summed E-state index contributed by atoms with van der Waals surface area (Å²) in [6.07, 6.45) is 3.45. The monoisotopic (exact) mass is 189 g/mol. The van der Waals surface area contributed by atoms with Gasteiger partial charge in [0.1, 0.15) is 0 Å². The van der Waals surface area contributed by atoms with Gasteiger partial charge in [-0.15, -0.1) is 0 Å². The largest absolute Gasteiger partial charge is 0.349 e. The molecule has 14 heavy (non-hydrogen) atoms. The van der Waals surface area contributed by atoms with Gasteiger partial charge in [-0.1, -0.05) is 0 Å². The maximum absolute atomic E-state index is 4.22. The van der Waals surface area contributed by atoms with E-state index in [0.29, 0.717) is 12.5 Å². The molecule has 0 amide bonds. The molecule has 2 heterocycles. The van der Waals surface area contributed by atoms with E-state index in [1.54, 1.807) is 12.4 Å². The molecule has 0 radical (unpaired) electrons. The normalized spacial score (nSPS) is 10.1. The highest BCUT2D eigenvalue weighted by Crippen LogP contribution is 2.01. The van der Waals surface area contributed by atoms with Crippen LogP contribution in [0.2, 0.25) is 0 Å². The lowest BCUT2D eigenvalue weighted by Gasteiger charge is -2.02. The number of hydrogen-bond acceptors (Lipinski definition) is 4. The van der Waals surface area contributed by atoms with Crippen LogP contribution in [0.3, 0.4) is 0 Å². The fourth-order valence-corrected chi connectivity index (χ4v) is 1.09. The van der Waals surface area contributed by atoms with E-state index < -0.39 is 0 Å². The summed E-state index contributed by atoms with van der Waals surface area (Å²) in [4.78, 5) is 8.30. The number of nitrogens with one attached hydrogen (secondary N) is 2. The van der Waals surface area contributed by atoms with Crippen LogP contribution in [0, 0.1) is 6.92 Å². The number of aromatic amines is 1. The Bertz CT molecular complexity index is 395. The average molecular weight is 189 g/mol. The van der Waals surface area contributed by atoms with Crippen LogP contribution in [-0.2, 0) is 6.54 Å². The smallest absolute Gasteiger partial charge is 0.223 e. The number of anilines is 1. The second kappa shape index (κ2) is 3.87. The van der Waals surface area contributed by atoms with E-state index in [-0.39, 0.29) is 0 Å². The molecule has 0 spiro atoms. The summed E-state index contributed by atoms with van der Waals surface area (Å²) in [6.45, 7) is 2.59. The van der Waals surface area contributed by atoms with Gasteiger partial charge in [0.2, 0.25) is 5.95 Å². The van der Waals surface area contributed by atoms with Crippen molar-refractivity contribution < 1.29 is 0 Å². The molecule has 0 saturated heterocycles. The third-order valence-electron chi connectivity index (χ3n) is 1.79. The Hall–Kier alpha value is -1.91. The highest BCUT2D eigenvalue weighted by atomic mass is 15.1. The molecule has 0 unspecified atom stereocenters. The molecule has 2 aromatic rings. The van der Waals surface area contributed by atoms with E-state index >= 15 is 0 Å². The molecule has 0 saturated carbocycles. The maximum atomic E-state index is 4.22. The second-order valence-corrected chi connectivity index (χ2v) is 2.96. The number of aryl methyl sites for hydroxylation is 1. The fourth-order valence-electron chi connectivity index (χ4n) is 1.09. The van der Waals surface area contributed by atoms with Gasteiger partial charge in [-0.3, -0.25) is 5.10 Å². The Morgan fingerprint density at radius 1 is 1.36 bits per heavy atom. The van der Waals surface area contributed by atoms with Crippen molar-refractivity contribution in [3.8, 4) is 0 Å². The second-order valence-electron chi connectivity index (χ2n) is 2.96. The molecule has 0 aliphatic carbocycles. The third-order valence-corrected chi connectivity index (χ3v) is 1.79. The minimum absolute atomic E-state index is 0.639. The molecule has 0 atom stereocenters. The van der Waals surface area contributed by atoms with Crippen molar-refractivity contribution in [2.75, 3.05) is 5.32 Å². The van der Waals surface area contributed by atoms with Gasteiger partial charge < -0.3 is 5.32 Å². The number of hydrogen-bond donors (Lipinski definition) is 2. The summed E-state index contributed by atoms with van der Waals surface area (Å²) in [6, 6.07) is 3.77. The number of H-pyrrole nitrogens is 1. The van der Waals surface area contributed by atoms with Gasteiger partial charge in [0.25, 0.3) is 0 Å². The van der Waals surface area contributed by atoms with Gasteiger partial charge in [0.15, 0.2) is 0 Å². The molecular formula is C9H11N5. The van der Waals surface area contributed by atoms with E-state index in [4.69, 9.17) is 0 Å². The molecule has 2 rings (SSSR count). The Morgan fingerprint density at radius 2 is 2.29 bits per heavy atom. The van der Waals surface area contributed by atoms with E-state index in [9.17, 15) is 0 Å². The molecule has 2 N–H and O–H groups in total. The van der Waals surface area contributed by atoms with Crippen molar-refractivity contribution in [3.05, 3.63) is 35.9 Å². The maximum Gasteiger partial charge on any atom is 0.223 e. The number of rotatable bonds is 3. The Kier molecular flexibility index (Phi) is 2.40. The van der Waals surface area contributed by atoms with Gasteiger partial charge in [0, 0.05) is 18.1 Å². The van der Waals surface area contributed by atoms with Crippen LogP contribution in [0.4, 0.5) is 5.95 Å². The fraction of sp³-hybridized carbons (Fsp3) is 0.222. The van der Waals surface area contributed by atoms with Crippen LogP contribution in [0.5, 0.6) is 0 Å². The van der Waals surface area contributed by atoms with Crippen LogP contribution in [0.1, 0.15) is 11.4 Å². The van der Waals surface area contributed by atoms with E-state index in [1.807, 2.05) is 19.1 Å². The first-order valence-electron chi connectivity index (χ1n) is 4.36. The zero-order valence-electron chi connectivity index (χ0n) is 7.86. The quantitative estimate of drug-likeness (QED) is 0.759. The first-order valence-corrected chi connectivity index (χ1v) is 4.36. The molecule has 5 heteroatoms. The Morgan fingerprint density at radius 3 is 3.00 bits per heavy atom. The first kappa shape index (κ1) is 8.68. The summed E-state index contributed by atoms with van der Waals surface area (Å²) in [5.41, 5.74) is 1.96.